The third-order valence-electron chi connectivity index (χ3n) is 4.10. The highest BCUT2D eigenvalue weighted by Crippen LogP contribution is 2.31. The van der Waals surface area contributed by atoms with Crippen LogP contribution in [0.5, 0.6) is 0 Å². The fraction of sp³-hybridized carbons (Fsp3) is 0.353. The average Bonchev–Trinajstić information content (AvgIpc) is 2.92. The summed E-state index contributed by atoms with van der Waals surface area (Å²) in [6.07, 6.45) is 0. The maximum Gasteiger partial charge on any atom is 0.163 e. The number of aryl methyl sites for hydroxylation is 1. The van der Waals surface area contributed by atoms with E-state index in [2.05, 4.69) is 26.6 Å². The summed E-state index contributed by atoms with van der Waals surface area (Å²) in [6.45, 7) is 5.86. The Balaban J connectivity index is 1.82. The van der Waals surface area contributed by atoms with Gasteiger partial charge in [-0.3, -0.25) is 0 Å². The van der Waals surface area contributed by atoms with Gasteiger partial charge in [0.1, 0.15) is 10.5 Å². The van der Waals surface area contributed by atoms with Gasteiger partial charge in [-0.05, 0) is 24.7 Å². The van der Waals surface area contributed by atoms with E-state index in [0.29, 0.717) is 0 Å². The van der Waals surface area contributed by atoms with Gasteiger partial charge in [-0.1, -0.05) is 41.7 Å². The first-order valence-corrected chi connectivity index (χ1v) is 9.19. The van der Waals surface area contributed by atoms with E-state index in [0.717, 1.165) is 58.8 Å². The van der Waals surface area contributed by atoms with E-state index >= 15 is 0 Å². The molecule has 0 radical (unpaired) electrons. The van der Waals surface area contributed by atoms with Gasteiger partial charge in [0.15, 0.2) is 15.4 Å². The quantitative estimate of drug-likeness (QED) is 0.671. The summed E-state index contributed by atoms with van der Waals surface area (Å²) < 4.78 is 9.49. The molecule has 3 aromatic rings. The lowest BCUT2D eigenvalue weighted by molar-refractivity contribution is 0.122. The molecule has 1 aromatic carbocycles. The maximum absolute atomic E-state index is 5.63. The molecule has 4 rings (SSSR count). The number of anilines is 1. The largest absolute Gasteiger partial charge is 0.378 e. The molecule has 5 nitrogen and oxygen atoms in total. The van der Waals surface area contributed by atoms with Gasteiger partial charge in [0.25, 0.3) is 0 Å². The van der Waals surface area contributed by atoms with Gasteiger partial charge in [-0.2, -0.15) is 0 Å². The van der Waals surface area contributed by atoms with Gasteiger partial charge >= 0.3 is 0 Å². The highest BCUT2D eigenvalue weighted by atomic mass is 32.1. The fourth-order valence-electron chi connectivity index (χ4n) is 2.93. The molecule has 1 saturated heterocycles. The molecule has 124 valence electrons. The molecule has 0 aliphatic carbocycles. The molecule has 0 bridgehead atoms. The fourth-order valence-corrected chi connectivity index (χ4v) is 4.28. The number of thiazole rings is 1. The molecular formula is C17H18N4OS2. The summed E-state index contributed by atoms with van der Waals surface area (Å²) in [6, 6.07) is 10.3. The van der Waals surface area contributed by atoms with Crippen molar-refractivity contribution in [1.82, 2.24) is 14.5 Å². The first-order chi connectivity index (χ1) is 11.7. The minimum atomic E-state index is 0.735. The van der Waals surface area contributed by atoms with E-state index in [-0.39, 0.29) is 0 Å². The van der Waals surface area contributed by atoms with E-state index in [1.54, 1.807) is 11.3 Å². The molecular weight excluding hydrogens is 340 g/mol. The lowest BCUT2D eigenvalue weighted by atomic mass is 10.2. The van der Waals surface area contributed by atoms with E-state index in [1.165, 1.54) is 5.56 Å². The zero-order valence-electron chi connectivity index (χ0n) is 13.4. The molecule has 7 heteroatoms. The Morgan fingerprint density at radius 3 is 2.67 bits per heavy atom. The Kier molecular flexibility index (Phi) is 4.30. The zero-order valence-corrected chi connectivity index (χ0v) is 15.1. The van der Waals surface area contributed by atoms with Crippen molar-refractivity contribution in [3.05, 3.63) is 45.7 Å². The first kappa shape index (κ1) is 15.7. The van der Waals surface area contributed by atoms with Gasteiger partial charge in [0.05, 0.1) is 19.8 Å². The summed E-state index contributed by atoms with van der Waals surface area (Å²) in [5, 5.41) is 0. The predicted molar refractivity (Wildman–Crippen MR) is 99.6 cm³/mol. The third-order valence-corrected chi connectivity index (χ3v) is 5.54. The van der Waals surface area contributed by atoms with Crippen LogP contribution in [-0.2, 0) is 11.3 Å². The Bertz CT molecular complexity index is 913. The van der Waals surface area contributed by atoms with Crippen LogP contribution in [0.3, 0.4) is 0 Å². The van der Waals surface area contributed by atoms with Crippen LogP contribution in [0.4, 0.5) is 5.82 Å². The van der Waals surface area contributed by atoms with Crippen LogP contribution < -0.4 is 4.90 Å². The number of benzene rings is 1. The molecule has 3 heterocycles. The van der Waals surface area contributed by atoms with Crippen LogP contribution in [0, 0.1) is 10.9 Å². The number of hydrogen-bond acceptors (Lipinski definition) is 6. The minimum Gasteiger partial charge on any atom is -0.378 e. The highest BCUT2D eigenvalue weighted by molar-refractivity contribution is 7.73. The molecule has 1 aliphatic heterocycles. The van der Waals surface area contributed by atoms with E-state index in [9.17, 15) is 0 Å². The van der Waals surface area contributed by atoms with Crippen molar-refractivity contribution < 1.29 is 4.74 Å². The van der Waals surface area contributed by atoms with E-state index < -0.39 is 0 Å². The summed E-state index contributed by atoms with van der Waals surface area (Å²) >= 11 is 7.22. The van der Waals surface area contributed by atoms with E-state index in [1.807, 2.05) is 25.1 Å². The Morgan fingerprint density at radius 1 is 1.17 bits per heavy atom. The van der Waals surface area contributed by atoms with Crippen LogP contribution in [-0.4, -0.2) is 40.8 Å². The van der Waals surface area contributed by atoms with Gasteiger partial charge in [-0.25, -0.2) is 9.97 Å². The molecule has 2 aromatic heterocycles. The second-order valence-corrected chi connectivity index (χ2v) is 7.43. The molecule has 0 N–H and O–H groups in total. The van der Waals surface area contributed by atoms with Crippen molar-refractivity contribution in [1.29, 1.82) is 0 Å². The lowest BCUT2D eigenvalue weighted by Crippen LogP contribution is -2.37. The number of morpholine rings is 1. The van der Waals surface area contributed by atoms with Crippen molar-refractivity contribution in [2.24, 2.45) is 0 Å². The first-order valence-electron chi connectivity index (χ1n) is 7.97. The standard InChI is InChI=1S/C17H18N4OS2/c1-12-18-15(20-7-9-22-10-8-20)14-16(19-12)21(17(23)24-14)11-13-5-3-2-4-6-13/h2-6H,7-11H2,1H3. The number of rotatable bonds is 3. The maximum atomic E-state index is 5.63. The molecule has 0 amide bonds. The second-order valence-electron chi connectivity index (χ2n) is 5.79. The van der Waals surface area contributed by atoms with Crippen molar-refractivity contribution >= 4 is 39.7 Å². The lowest BCUT2D eigenvalue weighted by Gasteiger charge is -2.28. The molecule has 1 fully saturated rings. The van der Waals surface area contributed by atoms with Crippen molar-refractivity contribution in [2.45, 2.75) is 13.5 Å². The molecule has 24 heavy (non-hydrogen) atoms. The Morgan fingerprint density at radius 2 is 1.92 bits per heavy atom. The van der Waals surface area contributed by atoms with Gasteiger partial charge in [-0.15, -0.1) is 0 Å². The predicted octanol–water partition coefficient (Wildman–Crippen LogP) is 3.42. The second kappa shape index (κ2) is 6.58. The van der Waals surface area contributed by atoms with Gasteiger partial charge in [0, 0.05) is 13.1 Å². The number of hydrogen-bond donors (Lipinski definition) is 0. The number of ether oxygens (including phenoxy) is 1. The number of nitrogens with zero attached hydrogens (tertiary/aromatic N) is 4. The number of fused-ring (bicyclic) bond motifs is 1. The van der Waals surface area contributed by atoms with Crippen molar-refractivity contribution in [3.8, 4) is 0 Å². The van der Waals surface area contributed by atoms with E-state index in [4.69, 9.17) is 21.9 Å². The Hall–Kier alpha value is -1.83. The SMILES string of the molecule is Cc1nc(N2CCOCC2)c2sc(=S)n(Cc3ccccc3)c2n1. The normalized spacial score (nSPS) is 15.1. The van der Waals surface area contributed by atoms with Gasteiger partial charge < -0.3 is 14.2 Å². The van der Waals surface area contributed by atoms with Crippen LogP contribution in [0.1, 0.15) is 11.4 Å². The summed E-state index contributed by atoms with van der Waals surface area (Å²) in [5.74, 6) is 1.77. The van der Waals surface area contributed by atoms with Crippen LogP contribution in [0.15, 0.2) is 30.3 Å². The molecule has 0 unspecified atom stereocenters. The minimum absolute atomic E-state index is 0.735. The van der Waals surface area contributed by atoms with Crippen molar-refractivity contribution in [2.75, 3.05) is 31.2 Å². The smallest absolute Gasteiger partial charge is 0.163 e. The number of aromatic nitrogens is 3. The van der Waals surface area contributed by atoms with Crippen LogP contribution in [0.2, 0.25) is 0 Å². The molecule has 0 atom stereocenters. The van der Waals surface area contributed by atoms with Crippen LogP contribution in [0.25, 0.3) is 10.3 Å². The highest BCUT2D eigenvalue weighted by Gasteiger charge is 2.20. The average molecular weight is 358 g/mol. The topological polar surface area (TPSA) is 43.2 Å². The molecule has 0 spiro atoms. The molecule has 1 aliphatic rings. The molecule has 0 saturated carbocycles. The summed E-state index contributed by atoms with van der Waals surface area (Å²) in [5.41, 5.74) is 2.15. The monoisotopic (exact) mass is 358 g/mol. The summed E-state index contributed by atoms with van der Waals surface area (Å²) in [4.78, 5) is 11.7. The zero-order chi connectivity index (χ0) is 16.5. The Labute approximate surface area is 149 Å². The van der Waals surface area contributed by atoms with Crippen LogP contribution >= 0.6 is 23.6 Å². The van der Waals surface area contributed by atoms with Gasteiger partial charge in [0.2, 0.25) is 0 Å². The van der Waals surface area contributed by atoms with Crippen molar-refractivity contribution in [3.63, 3.8) is 0 Å². The summed E-state index contributed by atoms with van der Waals surface area (Å²) in [7, 11) is 0. The third kappa shape index (κ3) is 2.94.